The van der Waals surface area contributed by atoms with E-state index in [-0.39, 0.29) is 0 Å². The maximum atomic E-state index is 12.9. The van der Waals surface area contributed by atoms with Crippen molar-refractivity contribution in [3.8, 4) is 0 Å². The molecule has 0 aliphatic rings. The number of halogens is 2. The summed E-state index contributed by atoms with van der Waals surface area (Å²) < 4.78 is 25.6. The molecular weight excluding hydrogens is 160 g/mol. The predicted octanol–water partition coefficient (Wildman–Crippen LogP) is 2.71. The quantitative estimate of drug-likeness (QED) is 0.721. The van der Waals surface area contributed by atoms with Crippen molar-refractivity contribution in [2.45, 2.75) is 13.8 Å². The zero-order chi connectivity index (χ0) is 9.14. The average molecular weight is 171 g/mol. The van der Waals surface area contributed by atoms with E-state index >= 15 is 0 Å². The topological polar surface area (TPSA) is 12.0 Å². The Morgan fingerprint density at radius 3 is 2.50 bits per heavy atom. The van der Waals surface area contributed by atoms with Crippen molar-refractivity contribution in [1.29, 1.82) is 0 Å². The molecule has 0 aromatic heterocycles. The zero-order valence-electron chi connectivity index (χ0n) is 7.12. The Labute approximate surface area is 70.4 Å². The van der Waals surface area contributed by atoms with Gasteiger partial charge in [-0.2, -0.15) is 0 Å². The summed E-state index contributed by atoms with van der Waals surface area (Å²) in [6.45, 7) is 4.09. The number of rotatable bonds is 2. The fourth-order valence-corrected chi connectivity index (χ4v) is 0.983. The third-order valence-electron chi connectivity index (χ3n) is 1.62. The second kappa shape index (κ2) is 3.52. The van der Waals surface area contributed by atoms with E-state index in [0.29, 0.717) is 17.8 Å². The highest BCUT2D eigenvalue weighted by Gasteiger charge is 2.05. The van der Waals surface area contributed by atoms with Gasteiger partial charge in [0.05, 0.1) is 5.69 Å². The van der Waals surface area contributed by atoms with Gasteiger partial charge in [-0.05, 0) is 25.5 Å². The third kappa shape index (κ3) is 1.72. The van der Waals surface area contributed by atoms with Crippen LogP contribution >= 0.6 is 0 Å². The van der Waals surface area contributed by atoms with Crippen LogP contribution in [-0.4, -0.2) is 6.54 Å². The highest BCUT2D eigenvalue weighted by molar-refractivity contribution is 5.47. The number of nitrogens with one attached hydrogen (secondary N) is 1. The number of hydrogen-bond acceptors (Lipinski definition) is 1. The van der Waals surface area contributed by atoms with Gasteiger partial charge in [0.15, 0.2) is 0 Å². The fraction of sp³-hybridized carbons (Fsp3) is 0.333. The maximum Gasteiger partial charge on any atom is 0.149 e. The molecule has 0 atom stereocenters. The van der Waals surface area contributed by atoms with E-state index in [1.165, 1.54) is 6.07 Å². The molecule has 0 unspecified atom stereocenters. The van der Waals surface area contributed by atoms with Crippen LogP contribution in [0.2, 0.25) is 0 Å². The van der Waals surface area contributed by atoms with E-state index < -0.39 is 11.6 Å². The second-order valence-corrected chi connectivity index (χ2v) is 2.61. The summed E-state index contributed by atoms with van der Waals surface area (Å²) in [4.78, 5) is 0. The Kier molecular flexibility index (Phi) is 2.63. The molecule has 0 fully saturated rings. The summed E-state index contributed by atoms with van der Waals surface area (Å²) in [5, 5.41) is 2.80. The lowest BCUT2D eigenvalue weighted by molar-refractivity contribution is 0.579. The lowest BCUT2D eigenvalue weighted by Gasteiger charge is -2.06. The van der Waals surface area contributed by atoms with Crippen molar-refractivity contribution in [3.63, 3.8) is 0 Å². The molecule has 1 aromatic rings. The Hall–Kier alpha value is -1.12. The van der Waals surface area contributed by atoms with Crippen LogP contribution in [0.1, 0.15) is 12.5 Å². The monoisotopic (exact) mass is 171 g/mol. The number of aryl methyl sites for hydroxylation is 1. The first-order chi connectivity index (χ1) is 5.65. The molecule has 1 nitrogen and oxygen atoms in total. The lowest BCUT2D eigenvalue weighted by Crippen LogP contribution is -2.00. The Balaban J connectivity index is 3.05. The van der Waals surface area contributed by atoms with E-state index in [4.69, 9.17) is 0 Å². The van der Waals surface area contributed by atoms with Crippen LogP contribution in [0.5, 0.6) is 0 Å². The molecule has 1 aromatic carbocycles. The minimum absolute atomic E-state index is 0.358. The largest absolute Gasteiger partial charge is 0.383 e. The van der Waals surface area contributed by atoms with Crippen molar-refractivity contribution >= 4 is 5.69 Å². The molecule has 1 N–H and O–H groups in total. The number of benzene rings is 1. The van der Waals surface area contributed by atoms with E-state index in [1.807, 2.05) is 6.92 Å². The van der Waals surface area contributed by atoms with Crippen molar-refractivity contribution in [1.82, 2.24) is 0 Å². The van der Waals surface area contributed by atoms with Gasteiger partial charge in [-0.15, -0.1) is 0 Å². The normalized spacial score (nSPS) is 10.0. The van der Waals surface area contributed by atoms with Crippen LogP contribution in [-0.2, 0) is 0 Å². The summed E-state index contributed by atoms with van der Waals surface area (Å²) in [5.41, 5.74) is 0.809. The predicted molar refractivity (Wildman–Crippen MR) is 45.3 cm³/mol. The van der Waals surface area contributed by atoms with Gasteiger partial charge in [0.25, 0.3) is 0 Å². The van der Waals surface area contributed by atoms with Crippen molar-refractivity contribution < 1.29 is 8.78 Å². The fourth-order valence-electron chi connectivity index (χ4n) is 0.983. The molecule has 0 bridgehead atoms. The van der Waals surface area contributed by atoms with Crippen LogP contribution in [0.25, 0.3) is 0 Å². The highest BCUT2D eigenvalue weighted by atomic mass is 19.1. The molecule has 0 saturated heterocycles. The van der Waals surface area contributed by atoms with Gasteiger partial charge in [0, 0.05) is 12.6 Å². The van der Waals surface area contributed by atoms with Crippen LogP contribution in [0.15, 0.2) is 12.1 Å². The van der Waals surface area contributed by atoms with Crippen LogP contribution in [0.4, 0.5) is 14.5 Å². The first-order valence-electron chi connectivity index (χ1n) is 3.84. The van der Waals surface area contributed by atoms with Crippen LogP contribution < -0.4 is 5.32 Å². The van der Waals surface area contributed by atoms with Crippen molar-refractivity contribution in [2.24, 2.45) is 0 Å². The summed E-state index contributed by atoms with van der Waals surface area (Å²) >= 11 is 0. The smallest absolute Gasteiger partial charge is 0.149 e. The molecular formula is C9H11F2N. The van der Waals surface area contributed by atoms with Gasteiger partial charge in [-0.1, -0.05) is 0 Å². The molecule has 66 valence electrons. The zero-order valence-corrected chi connectivity index (χ0v) is 7.12. The van der Waals surface area contributed by atoms with E-state index in [9.17, 15) is 8.78 Å². The Bertz CT molecular complexity index is 284. The molecule has 1 rings (SSSR count). The summed E-state index contributed by atoms with van der Waals surface area (Å²) in [7, 11) is 0. The lowest BCUT2D eigenvalue weighted by atomic mass is 10.2. The third-order valence-corrected chi connectivity index (χ3v) is 1.62. The second-order valence-electron chi connectivity index (χ2n) is 2.61. The molecule has 0 heterocycles. The van der Waals surface area contributed by atoms with Gasteiger partial charge in [0.1, 0.15) is 11.6 Å². The SMILES string of the molecule is CCNc1cc(C)c(F)cc1F. The molecule has 0 aliphatic carbocycles. The number of hydrogen-bond donors (Lipinski definition) is 1. The van der Waals surface area contributed by atoms with Crippen LogP contribution in [0.3, 0.4) is 0 Å². The Morgan fingerprint density at radius 2 is 1.92 bits per heavy atom. The summed E-state index contributed by atoms with van der Waals surface area (Å²) in [5.74, 6) is -1.05. The van der Waals surface area contributed by atoms with Crippen molar-refractivity contribution in [2.75, 3.05) is 11.9 Å². The summed E-state index contributed by atoms with van der Waals surface area (Å²) in [6, 6.07) is 2.36. The summed E-state index contributed by atoms with van der Waals surface area (Å²) in [6.07, 6.45) is 0. The molecule has 3 heteroatoms. The average Bonchev–Trinajstić information content (AvgIpc) is 2.01. The van der Waals surface area contributed by atoms with Gasteiger partial charge in [0.2, 0.25) is 0 Å². The molecule has 0 radical (unpaired) electrons. The van der Waals surface area contributed by atoms with Crippen molar-refractivity contribution in [3.05, 3.63) is 29.3 Å². The van der Waals surface area contributed by atoms with E-state index in [0.717, 1.165) is 6.07 Å². The first-order valence-corrected chi connectivity index (χ1v) is 3.84. The van der Waals surface area contributed by atoms with Crippen LogP contribution in [0, 0.1) is 18.6 Å². The van der Waals surface area contributed by atoms with Gasteiger partial charge in [-0.3, -0.25) is 0 Å². The van der Waals surface area contributed by atoms with Gasteiger partial charge < -0.3 is 5.32 Å². The number of anilines is 1. The molecule has 0 saturated carbocycles. The maximum absolute atomic E-state index is 12.9. The molecule has 0 amide bonds. The standard InChI is InChI=1S/C9H11F2N/c1-3-12-9-4-6(2)7(10)5-8(9)11/h4-5,12H,3H2,1-2H3. The minimum Gasteiger partial charge on any atom is -0.383 e. The minimum atomic E-state index is -0.542. The van der Waals surface area contributed by atoms with E-state index in [1.54, 1.807) is 6.92 Å². The Morgan fingerprint density at radius 1 is 1.25 bits per heavy atom. The first kappa shape index (κ1) is 8.97. The molecule has 0 aliphatic heterocycles. The molecule has 0 spiro atoms. The van der Waals surface area contributed by atoms with E-state index in [2.05, 4.69) is 5.32 Å². The molecule has 12 heavy (non-hydrogen) atoms. The van der Waals surface area contributed by atoms with Gasteiger partial charge in [-0.25, -0.2) is 8.78 Å². The van der Waals surface area contributed by atoms with Gasteiger partial charge >= 0.3 is 0 Å². The highest BCUT2D eigenvalue weighted by Crippen LogP contribution is 2.18.